The molecule has 0 amide bonds. The number of fused-ring (bicyclic) bond motifs is 1. The summed E-state index contributed by atoms with van der Waals surface area (Å²) < 4.78 is 2.36. The fourth-order valence-corrected chi connectivity index (χ4v) is 2.66. The van der Waals surface area contributed by atoms with E-state index in [2.05, 4.69) is 0 Å². The lowest BCUT2D eigenvalue weighted by molar-refractivity contribution is 0.0697. The lowest BCUT2D eigenvalue weighted by Gasteiger charge is -2.11. The average Bonchev–Trinajstić information content (AvgIpc) is 2.63. The Morgan fingerprint density at radius 2 is 1.84 bits per heavy atom. The second-order valence-electron chi connectivity index (χ2n) is 5.58. The molecule has 0 saturated carbocycles. The quantitative estimate of drug-likeness (QED) is 0.777. The van der Waals surface area contributed by atoms with E-state index < -0.39 is 17.2 Å². The zero-order valence-electron chi connectivity index (χ0n) is 13.3. The molecule has 1 aromatic heterocycles. The zero-order valence-corrected chi connectivity index (χ0v) is 13.3. The van der Waals surface area contributed by atoms with Crippen LogP contribution in [0.2, 0.25) is 0 Å². The zero-order chi connectivity index (χ0) is 18.1. The Balaban J connectivity index is 2.20. The van der Waals surface area contributed by atoms with Gasteiger partial charge in [-0.25, -0.2) is 9.59 Å². The van der Waals surface area contributed by atoms with Gasteiger partial charge in [-0.1, -0.05) is 12.1 Å². The number of aromatic nitrogens is 2. The number of carboxylic acids is 1. The molecule has 3 rings (SSSR count). The fourth-order valence-electron chi connectivity index (χ4n) is 2.66. The van der Waals surface area contributed by atoms with Crippen molar-refractivity contribution < 1.29 is 9.90 Å². The highest BCUT2D eigenvalue weighted by atomic mass is 16.4. The Labute approximate surface area is 141 Å². The van der Waals surface area contributed by atoms with E-state index in [-0.39, 0.29) is 17.5 Å². The van der Waals surface area contributed by atoms with Gasteiger partial charge in [-0.05, 0) is 35.9 Å². The molecule has 1 heterocycles. The van der Waals surface area contributed by atoms with Crippen molar-refractivity contribution in [3.05, 3.63) is 80.0 Å². The largest absolute Gasteiger partial charge is 0.478 e. The van der Waals surface area contributed by atoms with Gasteiger partial charge in [0, 0.05) is 7.05 Å². The third kappa shape index (κ3) is 2.81. The van der Waals surface area contributed by atoms with E-state index >= 15 is 0 Å². The van der Waals surface area contributed by atoms with Crippen molar-refractivity contribution in [3.63, 3.8) is 0 Å². The topological polar surface area (TPSA) is 105 Å². The summed E-state index contributed by atoms with van der Waals surface area (Å²) in [5.74, 6) is -1.14. The molecule has 0 bridgehead atoms. The van der Waals surface area contributed by atoms with E-state index in [1.54, 1.807) is 24.3 Å². The van der Waals surface area contributed by atoms with Crippen LogP contribution in [0.4, 0.5) is 0 Å². The van der Waals surface area contributed by atoms with Gasteiger partial charge in [-0.3, -0.25) is 13.9 Å². The number of aryl methyl sites for hydroxylation is 1. The predicted molar refractivity (Wildman–Crippen MR) is 90.7 cm³/mol. The smallest absolute Gasteiger partial charge is 0.335 e. The van der Waals surface area contributed by atoms with E-state index in [1.165, 1.54) is 29.8 Å². The molecule has 0 spiro atoms. The van der Waals surface area contributed by atoms with Gasteiger partial charge in [0.2, 0.25) is 0 Å². The van der Waals surface area contributed by atoms with E-state index in [0.717, 1.165) is 4.57 Å². The molecule has 25 heavy (non-hydrogen) atoms. The highest BCUT2D eigenvalue weighted by molar-refractivity contribution is 5.93. The van der Waals surface area contributed by atoms with Gasteiger partial charge in [0.15, 0.2) is 0 Å². The molecule has 3 aromatic rings. The van der Waals surface area contributed by atoms with Gasteiger partial charge in [0.25, 0.3) is 5.56 Å². The van der Waals surface area contributed by atoms with E-state index in [9.17, 15) is 14.4 Å². The monoisotopic (exact) mass is 335 g/mol. The second-order valence-corrected chi connectivity index (χ2v) is 5.58. The van der Waals surface area contributed by atoms with Crippen molar-refractivity contribution in [1.29, 1.82) is 5.26 Å². The number of carbonyl (C=O) groups is 1. The first-order valence-corrected chi connectivity index (χ1v) is 7.38. The maximum atomic E-state index is 12.7. The number of nitriles is 1. The normalized spacial score (nSPS) is 10.6. The van der Waals surface area contributed by atoms with Crippen molar-refractivity contribution in [2.45, 2.75) is 6.54 Å². The van der Waals surface area contributed by atoms with E-state index in [0.29, 0.717) is 16.6 Å². The van der Waals surface area contributed by atoms with E-state index in [4.69, 9.17) is 10.4 Å². The standard InChI is InChI=1S/C18H13N3O4/c1-20-15-7-6-13(17(23)24)8-14(15)16(22)21(18(20)25)10-12-4-2-11(9-19)3-5-12/h2-8H,10H2,1H3,(H,23,24). The first-order chi connectivity index (χ1) is 11.9. The van der Waals surface area contributed by atoms with Crippen LogP contribution in [0.1, 0.15) is 21.5 Å². The number of hydrogen-bond donors (Lipinski definition) is 1. The summed E-state index contributed by atoms with van der Waals surface area (Å²) in [5.41, 5.74) is 0.472. The summed E-state index contributed by atoms with van der Waals surface area (Å²) >= 11 is 0. The lowest BCUT2D eigenvalue weighted by atomic mass is 10.1. The van der Waals surface area contributed by atoms with Crippen molar-refractivity contribution in [3.8, 4) is 6.07 Å². The Bertz CT molecular complexity index is 1150. The molecule has 0 fully saturated rings. The van der Waals surface area contributed by atoms with Crippen LogP contribution >= 0.6 is 0 Å². The number of benzene rings is 2. The molecular formula is C18H13N3O4. The maximum absolute atomic E-state index is 12.7. The van der Waals surface area contributed by atoms with Crippen molar-refractivity contribution >= 4 is 16.9 Å². The molecule has 1 N–H and O–H groups in total. The van der Waals surface area contributed by atoms with Gasteiger partial charge in [-0.2, -0.15) is 5.26 Å². The SMILES string of the molecule is Cn1c(=O)n(Cc2ccc(C#N)cc2)c(=O)c2cc(C(=O)O)ccc21. The Morgan fingerprint density at radius 1 is 1.16 bits per heavy atom. The molecule has 0 saturated heterocycles. The highest BCUT2D eigenvalue weighted by Gasteiger charge is 2.13. The molecule has 7 nitrogen and oxygen atoms in total. The predicted octanol–water partition coefficient (Wildman–Crippen LogP) is 1.32. The molecule has 0 atom stereocenters. The minimum absolute atomic E-state index is 0.0202. The average molecular weight is 335 g/mol. The summed E-state index contributed by atoms with van der Waals surface area (Å²) in [6.45, 7) is 0.0322. The molecule has 0 radical (unpaired) electrons. The summed E-state index contributed by atoms with van der Waals surface area (Å²) in [6, 6.07) is 12.6. The van der Waals surface area contributed by atoms with Crippen LogP contribution in [0.15, 0.2) is 52.1 Å². The van der Waals surface area contributed by atoms with E-state index in [1.807, 2.05) is 6.07 Å². The number of rotatable bonds is 3. The van der Waals surface area contributed by atoms with Crippen molar-refractivity contribution in [1.82, 2.24) is 9.13 Å². The summed E-state index contributed by atoms with van der Waals surface area (Å²) in [5, 5.41) is 18.1. The highest BCUT2D eigenvalue weighted by Crippen LogP contribution is 2.11. The number of aromatic carboxylic acids is 1. The molecule has 2 aromatic carbocycles. The summed E-state index contributed by atoms with van der Waals surface area (Å²) in [7, 11) is 1.53. The third-order valence-electron chi connectivity index (χ3n) is 4.02. The van der Waals surface area contributed by atoms with Crippen LogP contribution < -0.4 is 11.2 Å². The van der Waals surface area contributed by atoms with Gasteiger partial charge >= 0.3 is 11.7 Å². The van der Waals surface area contributed by atoms with Crippen molar-refractivity contribution in [2.75, 3.05) is 0 Å². The van der Waals surface area contributed by atoms with Crippen LogP contribution in [-0.2, 0) is 13.6 Å². The number of nitrogens with zero attached hydrogens (tertiary/aromatic N) is 3. The summed E-state index contributed by atoms with van der Waals surface area (Å²) in [6.07, 6.45) is 0. The fraction of sp³-hybridized carbons (Fsp3) is 0.111. The molecule has 124 valence electrons. The molecule has 7 heteroatoms. The first-order valence-electron chi connectivity index (χ1n) is 7.38. The molecular weight excluding hydrogens is 322 g/mol. The van der Waals surface area contributed by atoms with Crippen LogP contribution in [0.5, 0.6) is 0 Å². The molecule has 0 aliphatic rings. The van der Waals surface area contributed by atoms with Crippen molar-refractivity contribution in [2.24, 2.45) is 7.05 Å². The maximum Gasteiger partial charge on any atom is 0.335 e. The molecule has 0 unspecified atom stereocenters. The van der Waals surface area contributed by atoms with Gasteiger partial charge < -0.3 is 5.11 Å². The lowest BCUT2D eigenvalue weighted by Crippen LogP contribution is -2.39. The molecule has 0 aliphatic heterocycles. The van der Waals surface area contributed by atoms with Gasteiger partial charge in [0.1, 0.15) is 0 Å². The van der Waals surface area contributed by atoms with Crippen LogP contribution in [-0.4, -0.2) is 20.2 Å². The van der Waals surface area contributed by atoms with Gasteiger partial charge in [-0.15, -0.1) is 0 Å². The van der Waals surface area contributed by atoms with Crippen LogP contribution in [0, 0.1) is 11.3 Å². The summed E-state index contributed by atoms with van der Waals surface area (Å²) in [4.78, 5) is 36.4. The second kappa shape index (κ2) is 6.09. The van der Waals surface area contributed by atoms with Gasteiger partial charge in [0.05, 0.1) is 34.6 Å². The third-order valence-corrected chi connectivity index (χ3v) is 4.02. The van der Waals surface area contributed by atoms with Crippen LogP contribution in [0.3, 0.4) is 0 Å². The first kappa shape index (κ1) is 16.2. The van der Waals surface area contributed by atoms with Crippen LogP contribution in [0.25, 0.3) is 10.9 Å². The Morgan fingerprint density at radius 3 is 2.44 bits per heavy atom. The number of hydrogen-bond acceptors (Lipinski definition) is 4. The minimum Gasteiger partial charge on any atom is -0.478 e. The Kier molecular flexibility index (Phi) is 3.95. The number of carboxylic acid groups (broad SMARTS) is 1. The minimum atomic E-state index is -1.14. The molecule has 0 aliphatic carbocycles. The Hall–Kier alpha value is -3.66.